The SMILES string of the molecule is CCCCCCC/C=C/CC1(C/C=C/CCCCCCC)C(=O)OC(=O)C1(C/C=C/CCCCCCC)C/C=C/CCCCCCC. The van der Waals surface area contributed by atoms with Gasteiger partial charge in [0.25, 0.3) is 0 Å². The van der Waals surface area contributed by atoms with Gasteiger partial charge in [0, 0.05) is 0 Å². The molecule has 0 bridgehead atoms. The Morgan fingerprint density at radius 3 is 0.830 bits per heavy atom. The first-order valence-electron chi connectivity index (χ1n) is 20.4. The molecule has 1 heterocycles. The molecule has 0 radical (unpaired) electrons. The van der Waals surface area contributed by atoms with Gasteiger partial charge in [0.05, 0.1) is 10.8 Å². The lowest BCUT2D eigenvalue weighted by molar-refractivity contribution is -0.155. The van der Waals surface area contributed by atoms with Crippen molar-refractivity contribution in [3.05, 3.63) is 48.6 Å². The van der Waals surface area contributed by atoms with Crippen molar-refractivity contribution in [1.82, 2.24) is 0 Å². The standard InChI is InChI=1S/C44H76O3/c1-5-9-13-17-21-25-29-33-37-43(38-34-30-26-22-18-14-10-6-2)41(45)47-42(46)44(43,39-35-31-27-23-19-15-11-7-3)40-36-32-28-24-20-16-12-8-4/h29-36H,5-28,37-40H2,1-4H3/b33-29+,34-30+,35-31+,36-32+. The van der Waals surface area contributed by atoms with Gasteiger partial charge >= 0.3 is 11.9 Å². The van der Waals surface area contributed by atoms with E-state index in [2.05, 4.69) is 76.3 Å². The summed E-state index contributed by atoms with van der Waals surface area (Å²) in [5, 5.41) is 0. The second-order valence-corrected chi connectivity index (χ2v) is 14.4. The van der Waals surface area contributed by atoms with Crippen molar-refractivity contribution in [2.24, 2.45) is 10.8 Å². The number of carbonyl (C=O) groups excluding carboxylic acids is 2. The Hall–Kier alpha value is -1.90. The molecular weight excluding hydrogens is 576 g/mol. The molecule has 0 spiro atoms. The van der Waals surface area contributed by atoms with E-state index >= 15 is 0 Å². The van der Waals surface area contributed by atoms with Crippen molar-refractivity contribution in [2.75, 3.05) is 0 Å². The van der Waals surface area contributed by atoms with E-state index < -0.39 is 10.8 Å². The third-order valence-electron chi connectivity index (χ3n) is 10.3. The molecule has 3 heteroatoms. The summed E-state index contributed by atoms with van der Waals surface area (Å²) in [7, 11) is 0. The molecule has 0 aromatic heterocycles. The van der Waals surface area contributed by atoms with Crippen LogP contribution in [0.4, 0.5) is 0 Å². The lowest BCUT2D eigenvalue weighted by Gasteiger charge is -2.38. The predicted octanol–water partition coefficient (Wildman–Crippen LogP) is 14.3. The van der Waals surface area contributed by atoms with E-state index in [9.17, 15) is 9.59 Å². The van der Waals surface area contributed by atoms with Crippen LogP contribution in [-0.2, 0) is 14.3 Å². The summed E-state index contributed by atoms with van der Waals surface area (Å²) in [4.78, 5) is 27.8. The lowest BCUT2D eigenvalue weighted by Crippen LogP contribution is -2.44. The van der Waals surface area contributed by atoms with Crippen LogP contribution in [0.1, 0.15) is 207 Å². The lowest BCUT2D eigenvalue weighted by atomic mass is 9.58. The molecule has 1 aliphatic heterocycles. The predicted molar refractivity (Wildman–Crippen MR) is 204 cm³/mol. The first-order chi connectivity index (χ1) is 23.0. The van der Waals surface area contributed by atoms with Crippen LogP contribution in [-0.4, -0.2) is 11.9 Å². The van der Waals surface area contributed by atoms with Crippen LogP contribution in [0.2, 0.25) is 0 Å². The maximum absolute atomic E-state index is 13.9. The van der Waals surface area contributed by atoms with Crippen molar-refractivity contribution in [1.29, 1.82) is 0 Å². The third kappa shape index (κ3) is 17.4. The summed E-state index contributed by atoms with van der Waals surface area (Å²) < 4.78 is 5.67. The maximum atomic E-state index is 13.9. The van der Waals surface area contributed by atoms with Gasteiger partial charge in [-0.15, -0.1) is 0 Å². The fourth-order valence-electron chi connectivity index (χ4n) is 7.02. The van der Waals surface area contributed by atoms with Crippen LogP contribution in [0, 0.1) is 10.8 Å². The molecule has 3 nitrogen and oxygen atoms in total. The number of hydrogen-bond acceptors (Lipinski definition) is 3. The number of unbranched alkanes of at least 4 members (excludes halogenated alkanes) is 20. The number of hydrogen-bond donors (Lipinski definition) is 0. The van der Waals surface area contributed by atoms with Gasteiger partial charge < -0.3 is 4.74 Å². The van der Waals surface area contributed by atoms with E-state index in [0.29, 0.717) is 25.7 Å². The van der Waals surface area contributed by atoms with E-state index in [0.717, 1.165) is 25.7 Å². The first-order valence-corrected chi connectivity index (χ1v) is 20.4. The number of allylic oxidation sites excluding steroid dienone is 8. The van der Waals surface area contributed by atoms with E-state index in [1.165, 1.54) is 128 Å². The van der Waals surface area contributed by atoms with Crippen molar-refractivity contribution in [3.8, 4) is 0 Å². The Bertz CT molecular complexity index is 768. The number of ether oxygens (including phenoxy) is 1. The molecular formula is C44H76O3. The molecule has 1 rings (SSSR count). The second kappa shape index (κ2) is 29.1. The van der Waals surface area contributed by atoms with E-state index in [-0.39, 0.29) is 11.9 Å². The van der Waals surface area contributed by atoms with Crippen LogP contribution in [0.5, 0.6) is 0 Å². The molecule has 1 saturated heterocycles. The molecule has 0 aromatic carbocycles. The minimum Gasteiger partial charge on any atom is -0.392 e. The minimum atomic E-state index is -0.877. The van der Waals surface area contributed by atoms with Gasteiger partial charge in [0.2, 0.25) is 0 Å². The molecule has 0 amide bonds. The second-order valence-electron chi connectivity index (χ2n) is 14.4. The summed E-state index contributed by atoms with van der Waals surface area (Å²) in [6, 6.07) is 0. The summed E-state index contributed by atoms with van der Waals surface area (Å²) in [5.41, 5.74) is -1.75. The average Bonchev–Trinajstić information content (AvgIpc) is 3.26. The number of rotatable bonds is 32. The van der Waals surface area contributed by atoms with Gasteiger partial charge in [0.15, 0.2) is 0 Å². The zero-order valence-electron chi connectivity index (χ0n) is 31.6. The minimum absolute atomic E-state index is 0.316. The topological polar surface area (TPSA) is 43.4 Å². The Morgan fingerprint density at radius 2 is 0.596 bits per heavy atom. The molecule has 0 atom stereocenters. The number of esters is 2. The largest absolute Gasteiger partial charge is 0.392 e. The third-order valence-corrected chi connectivity index (χ3v) is 10.3. The van der Waals surface area contributed by atoms with Gasteiger partial charge in [0.1, 0.15) is 0 Å². The van der Waals surface area contributed by atoms with Gasteiger partial charge in [-0.2, -0.15) is 0 Å². The zero-order valence-corrected chi connectivity index (χ0v) is 31.6. The van der Waals surface area contributed by atoms with Gasteiger partial charge in [-0.05, 0) is 77.0 Å². The number of cyclic esters (lactones) is 2. The first kappa shape index (κ1) is 43.1. The molecule has 47 heavy (non-hydrogen) atoms. The summed E-state index contributed by atoms with van der Waals surface area (Å²) in [6.07, 6.45) is 49.2. The van der Waals surface area contributed by atoms with Crippen molar-refractivity contribution >= 4 is 11.9 Å². The van der Waals surface area contributed by atoms with E-state index in [1.807, 2.05) is 0 Å². The fraction of sp³-hybridized carbons (Fsp3) is 0.773. The maximum Gasteiger partial charge on any atom is 0.321 e. The quantitative estimate of drug-likeness (QED) is 0.0314. The Kier molecular flexibility index (Phi) is 26.7. The molecule has 0 unspecified atom stereocenters. The monoisotopic (exact) mass is 653 g/mol. The van der Waals surface area contributed by atoms with Crippen LogP contribution in [0.3, 0.4) is 0 Å². The van der Waals surface area contributed by atoms with E-state index in [4.69, 9.17) is 4.74 Å². The van der Waals surface area contributed by atoms with Crippen molar-refractivity contribution in [3.63, 3.8) is 0 Å². The Labute approximate surface area is 292 Å². The highest BCUT2D eigenvalue weighted by Gasteiger charge is 2.65. The highest BCUT2D eigenvalue weighted by Crippen LogP contribution is 2.57. The smallest absolute Gasteiger partial charge is 0.321 e. The normalized spacial score (nSPS) is 16.2. The van der Waals surface area contributed by atoms with Crippen LogP contribution in [0.15, 0.2) is 48.6 Å². The van der Waals surface area contributed by atoms with Gasteiger partial charge in [-0.25, -0.2) is 0 Å². The van der Waals surface area contributed by atoms with Crippen molar-refractivity contribution < 1.29 is 14.3 Å². The highest BCUT2D eigenvalue weighted by atomic mass is 16.6. The fourth-order valence-corrected chi connectivity index (χ4v) is 7.02. The van der Waals surface area contributed by atoms with Crippen molar-refractivity contribution in [2.45, 2.75) is 207 Å². The molecule has 0 aromatic rings. The molecule has 1 fully saturated rings. The molecule has 0 aliphatic carbocycles. The molecule has 1 aliphatic rings. The Balaban J connectivity index is 3.22. The zero-order chi connectivity index (χ0) is 34.3. The van der Waals surface area contributed by atoms with Gasteiger partial charge in [-0.1, -0.05) is 179 Å². The highest BCUT2D eigenvalue weighted by molar-refractivity contribution is 6.02. The Morgan fingerprint density at radius 1 is 0.362 bits per heavy atom. The number of carbonyl (C=O) groups is 2. The van der Waals surface area contributed by atoms with Crippen LogP contribution >= 0.6 is 0 Å². The van der Waals surface area contributed by atoms with Crippen LogP contribution in [0.25, 0.3) is 0 Å². The summed E-state index contributed by atoms with van der Waals surface area (Å²) >= 11 is 0. The van der Waals surface area contributed by atoms with Crippen LogP contribution < -0.4 is 0 Å². The average molecular weight is 653 g/mol. The van der Waals surface area contributed by atoms with Gasteiger partial charge in [-0.3, -0.25) is 9.59 Å². The molecule has 0 saturated carbocycles. The summed E-state index contributed by atoms with van der Waals surface area (Å²) in [6.45, 7) is 9.00. The molecule has 270 valence electrons. The summed E-state index contributed by atoms with van der Waals surface area (Å²) in [5.74, 6) is -0.632. The van der Waals surface area contributed by atoms with E-state index in [1.54, 1.807) is 0 Å². The molecule has 0 N–H and O–H groups in total.